The lowest BCUT2D eigenvalue weighted by Crippen LogP contribution is -2.15. The van der Waals surface area contributed by atoms with Crippen LogP contribution in [0.1, 0.15) is 19.3 Å². The Hall–Kier alpha value is -2.22. The molecule has 2 heterocycles. The van der Waals surface area contributed by atoms with E-state index in [4.69, 9.17) is 37.9 Å². The van der Waals surface area contributed by atoms with Crippen molar-refractivity contribution in [3.05, 3.63) is 32.6 Å². The lowest BCUT2D eigenvalue weighted by Gasteiger charge is -2.09. The van der Waals surface area contributed by atoms with Crippen LogP contribution in [0.3, 0.4) is 0 Å². The average Bonchev–Trinajstić information content (AvgIpc) is 3.52. The Morgan fingerprint density at radius 1 is 0.588 bits per heavy atom. The molecule has 0 aliphatic heterocycles. The molecule has 0 radical (unpaired) electrons. The van der Waals surface area contributed by atoms with E-state index < -0.39 is 11.9 Å². The van der Waals surface area contributed by atoms with Gasteiger partial charge in [0.2, 0.25) is 0 Å². The van der Waals surface area contributed by atoms with Gasteiger partial charge < -0.3 is 37.9 Å². The van der Waals surface area contributed by atoms with E-state index in [0.717, 1.165) is 0 Å². The second-order valence-corrected chi connectivity index (χ2v) is 8.19. The summed E-state index contributed by atoms with van der Waals surface area (Å²) in [6.07, 6.45) is 0. The molecule has 0 aliphatic carbocycles. The highest BCUT2D eigenvalue weighted by Crippen LogP contribution is 2.26. The molecule has 2 aromatic rings. The Kier molecular flexibility index (Phi) is 14.2. The van der Waals surface area contributed by atoms with Crippen molar-refractivity contribution in [2.24, 2.45) is 0 Å². The van der Waals surface area contributed by atoms with Crippen molar-refractivity contribution in [1.82, 2.24) is 0 Å². The molecule has 2 aromatic heterocycles. The van der Waals surface area contributed by atoms with Crippen LogP contribution < -0.4 is 9.47 Å². The topological polar surface area (TPSA) is 108 Å². The number of ether oxygens (including phenoxy) is 8. The lowest BCUT2D eigenvalue weighted by atomic mass is 10.4. The van der Waals surface area contributed by atoms with Crippen LogP contribution in [0.4, 0.5) is 0 Å². The Balaban J connectivity index is 1.34. The summed E-state index contributed by atoms with van der Waals surface area (Å²) >= 11 is 2.54. The van der Waals surface area contributed by atoms with Gasteiger partial charge in [-0.15, -0.1) is 22.7 Å². The summed E-state index contributed by atoms with van der Waals surface area (Å²) in [6.45, 7) is 4.08. The number of methoxy groups -OCH3 is 2. The Morgan fingerprint density at radius 2 is 0.912 bits per heavy atom. The summed E-state index contributed by atoms with van der Waals surface area (Å²) in [4.78, 5) is 24.0. The summed E-state index contributed by atoms with van der Waals surface area (Å²) in [5, 5.41) is 3.54. The number of hydrogen-bond donors (Lipinski definition) is 0. The van der Waals surface area contributed by atoms with E-state index in [-0.39, 0.29) is 0 Å². The van der Waals surface area contributed by atoms with Crippen LogP contribution in [0.2, 0.25) is 0 Å². The normalized spacial score (nSPS) is 10.8. The number of carbonyl (C=O) groups excluding carboxylic acids is 2. The smallest absolute Gasteiger partial charge is 0.351 e. The summed E-state index contributed by atoms with van der Waals surface area (Å²) in [5.74, 6) is 0.180. The molecule has 0 aliphatic rings. The summed E-state index contributed by atoms with van der Waals surface area (Å²) in [6, 6.07) is 3.46. The summed E-state index contributed by atoms with van der Waals surface area (Å²) in [7, 11) is 2.67. The van der Waals surface area contributed by atoms with Crippen LogP contribution in [0.25, 0.3) is 0 Å². The maximum Gasteiger partial charge on any atom is 0.351 e. The highest BCUT2D eigenvalue weighted by atomic mass is 32.1. The number of hydrogen-bond acceptors (Lipinski definition) is 12. The van der Waals surface area contributed by atoms with Gasteiger partial charge in [-0.25, -0.2) is 9.59 Å². The predicted molar refractivity (Wildman–Crippen MR) is 126 cm³/mol. The zero-order valence-corrected chi connectivity index (χ0v) is 20.9. The molecule has 0 amide bonds. The second kappa shape index (κ2) is 17.2. The molecule has 0 unspecified atom stereocenters. The fourth-order valence-electron chi connectivity index (χ4n) is 2.49. The van der Waals surface area contributed by atoms with Gasteiger partial charge in [0.05, 0.1) is 67.1 Å². The van der Waals surface area contributed by atoms with E-state index in [1.807, 2.05) is 0 Å². The highest BCUT2D eigenvalue weighted by molar-refractivity contribution is 7.12. The Bertz CT molecular complexity index is 767. The van der Waals surface area contributed by atoms with Crippen molar-refractivity contribution in [2.75, 3.05) is 80.3 Å². The number of carbonyl (C=O) groups is 2. The van der Waals surface area contributed by atoms with Crippen LogP contribution in [0.5, 0.6) is 11.5 Å². The zero-order chi connectivity index (χ0) is 24.4. The van der Waals surface area contributed by atoms with Gasteiger partial charge in [0, 0.05) is 0 Å². The number of rotatable bonds is 19. The molecular formula is C22H30O10S2. The van der Waals surface area contributed by atoms with Gasteiger partial charge in [-0.3, -0.25) is 0 Å². The van der Waals surface area contributed by atoms with Gasteiger partial charge >= 0.3 is 11.9 Å². The molecule has 0 saturated carbocycles. The molecule has 0 fully saturated rings. The van der Waals surface area contributed by atoms with Crippen molar-refractivity contribution >= 4 is 34.6 Å². The maximum absolute atomic E-state index is 11.6. The van der Waals surface area contributed by atoms with E-state index in [9.17, 15) is 9.59 Å². The van der Waals surface area contributed by atoms with Gasteiger partial charge in [0.1, 0.15) is 24.7 Å². The SMILES string of the molecule is COC(=O)c1sccc1OCCOCCOCCOCCOCCOc1ccsc1C(=O)OC. The monoisotopic (exact) mass is 518 g/mol. The molecule has 34 heavy (non-hydrogen) atoms. The molecule has 0 N–H and O–H groups in total. The lowest BCUT2D eigenvalue weighted by molar-refractivity contribution is -0.00703. The third kappa shape index (κ3) is 10.4. The average molecular weight is 519 g/mol. The number of thiophene rings is 2. The number of esters is 2. The zero-order valence-electron chi connectivity index (χ0n) is 19.3. The molecule has 10 nitrogen and oxygen atoms in total. The van der Waals surface area contributed by atoms with Crippen molar-refractivity contribution < 1.29 is 47.5 Å². The first-order valence-electron chi connectivity index (χ1n) is 10.6. The van der Waals surface area contributed by atoms with Gasteiger partial charge in [-0.05, 0) is 22.9 Å². The van der Waals surface area contributed by atoms with E-state index in [0.29, 0.717) is 87.3 Å². The molecule has 0 saturated heterocycles. The fraction of sp³-hybridized carbons (Fsp3) is 0.545. The first-order chi connectivity index (χ1) is 16.7. The van der Waals surface area contributed by atoms with Crippen LogP contribution >= 0.6 is 22.7 Å². The molecule has 2 rings (SSSR count). The quantitative estimate of drug-likeness (QED) is 0.203. The molecule has 190 valence electrons. The largest absolute Gasteiger partial charge is 0.489 e. The Morgan fingerprint density at radius 3 is 1.24 bits per heavy atom. The minimum absolute atomic E-state index is 0.328. The summed E-state index contributed by atoms with van der Waals surface area (Å²) < 4.78 is 42.2. The van der Waals surface area contributed by atoms with Gasteiger partial charge in [-0.2, -0.15) is 0 Å². The van der Waals surface area contributed by atoms with Gasteiger partial charge in [0.25, 0.3) is 0 Å². The van der Waals surface area contributed by atoms with Crippen molar-refractivity contribution in [2.45, 2.75) is 0 Å². The molecule has 0 bridgehead atoms. The second-order valence-electron chi connectivity index (χ2n) is 6.36. The molecule has 0 spiro atoms. The Labute approximate surface area is 206 Å². The van der Waals surface area contributed by atoms with Gasteiger partial charge in [0.15, 0.2) is 9.75 Å². The molecule has 0 atom stereocenters. The third-order valence-corrected chi connectivity index (χ3v) is 5.84. The van der Waals surface area contributed by atoms with E-state index in [2.05, 4.69) is 0 Å². The van der Waals surface area contributed by atoms with Crippen LogP contribution in [-0.4, -0.2) is 92.2 Å². The minimum Gasteiger partial charge on any atom is -0.489 e. The van der Waals surface area contributed by atoms with Crippen molar-refractivity contribution in [1.29, 1.82) is 0 Å². The summed E-state index contributed by atoms with van der Waals surface area (Å²) in [5.41, 5.74) is 0. The van der Waals surface area contributed by atoms with Crippen molar-refractivity contribution in [3.8, 4) is 11.5 Å². The minimum atomic E-state index is -0.410. The van der Waals surface area contributed by atoms with E-state index in [1.54, 1.807) is 22.9 Å². The highest BCUT2D eigenvalue weighted by Gasteiger charge is 2.15. The van der Waals surface area contributed by atoms with Crippen LogP contribution in [-0.2, 0) is 28.4 Å². The van der Waals surface area contributed by atoms with Crippen molar-refractivity contribution in [3.63, 3.8) is 0 Å². The maximum atomic E-state index is 11.6. The van der Waals surface area contributed by atoms with Gasteiger partial charge in [-0.1, -0.05) is 0 Å². The fourth-order valence-corrected chi connectivity index (χ4v) is 3.99. The molecule has 12 heteroatoms. The van der Waals surface area contributed by atoms with E-state index >= 15 is 0 Å². The predicted octanol–water partition coefficient (Wildman–Crippen LogP) is 2.91. The van der Waals surface area contributed by atoms with E-state index in [1.165, 1.54) is 36.9 Å². The van der Waals surface area contributed by atoms with Crippen LogP contribution in [0, 0.1) is 0 Å². The standard InChI is InChI=1S/C22H30O10S2/c1-25-21(23)19-17(3-15-33-19)31-13-11-29-9-7-27-5-6-28-8-10-30-12-14-32-18-4-16-34-20(18)22(24)26-2/h3-4,15-16H,5-14H2,1-2H3. The molecular weight excluding hydrogens is 488 g/mol. The third-order valence-electron chi connectivity index (χ3n) is 4.09. The van der Waals surface area contributed by atoms with Crippen LogP contribution in [0.15, 0.2) is 22.9 Å². The molecule has 0 aromatic carbocycles. The first-order valence-corrected chi connectivity index (χ1v) is 12.3. The first kappa shape index (κ1) is 28.0.